The van der Waals surface area contributed by atoms with Crippen molar-refractivity contribution in [1.29, 1.82) is 0 Å². The normalized spacial score (nSPS) is 20.6. The van der Waals surface area contributed by atoms with Crippen molar-refractivity contribution in [3.05, 3.63) is 35.4 Å². The van der Waals surface area contributed by atoms with Crippen LogP contribution in [-0.4, -0.2) is 36.2 Å². The number of nitrogens with two attached hydrogens (primary N) is 1. The molecule has 23 heavy (non-hydrogen) atoms. The van der Waals surface area contributed by atoms with Gasteiger partial charge < -0.3 is 20.7 Å². The molecule has 3 N–H and O–H groups in total. The fourth-order valence-electron chi connectivity index (χ4n) is 3.18. The molecule has 0 radical (unpaired) electrons. The SMILES string of the molecule is CC(C)(C)OC(=O)N1CC=C(C2CNc3ccc(N)cc32)CC1. The minimum absolute atomic E-state index is 0.234. The van der Waals surface area contributed by atoms with Gasteiger partial charge in [0.25, 0.3) is 0 Å². The fourth-order valence-corrected chi connectivity index (χ4v) is 3.18. The summed E-state index contributed by atoms with van der Waals surface area (Å²) in [6.07, 6.45) is 2.81. The molecule has 1 aromatic rings. The number of nitrogens with zero attached hydrogens (tertiary/aromatic N) is 1. The molecule has 5 heteroatoms. The smallest absolute Gasteiger partial charge is 0.410 e. The second-order valence-corrected chi connectivity index (χ2v) is 7.24. The van der Waals surface area contributed by atoms with Gasteiger partial charge in [-0.05, 0) is 51.0 Å². The first kappa shape index (κ1) is 15.7. The summed E-state index contributed by atoms with van der Waals surface area (Å²) in [4.78, 5) is 13.9. The molecule has 1 aromatic carbocycles. The van der Waals surface area contributed by atoms with Crippen LogP contribution in [0, 0.1) is 0 Å². The number of amides is 1. The van der Waals surface area contributed by atoms with Gasteiger partial charge in [-0.3, -0.25) is 0 Å². The first-order valence-electron chi connectivity index (χ1n) is 8.13. The maximum Gasteiger partial charge on any atom is 0.410 e. The Morgan fingerprint density at radius 1 is 1.39 bits per heavy atom. The number of anilines is 2. The van der Waals surface area contributed by atoms with Crippen LogP contribution in [0.5, 0.6) is 0 Å². The summed E-state index contributed by atoms with van der Waals surface area (Å²) in [6.45, 7) is 7.88. The van der Waals surface area contributed by atoms with Gasteiger partial charge in [0.1, 0.15) is 5.60 Å². The molecule has 0 spiro atoms. The van der Waals surface area contributed by atoms with Crippen molar-refractivity contribution in [2.75, 3.05) is 30.7 Å². The summed E-state index contributed by atoms with van der Waals surface area (Å²) in [5.41, 5.74) is 10.1. The van der Waals surface area contributed by atoms with E-state index >= 15 is 0 Å². The van der Waals surface area contributed by atoms with Crippen LogP contribution >= 0.6 is 0 Å². The molecule has 5 nitrogen and oxygen atoms in total. The maximum atomic E-state index is 12.1. The molecule has 1 atom stereocenters. The standard InChI is InChI=1S/C18H25N3O2/c1-18(2,3)23-17(22)21-8-6-12(7-9-21)15-11-20-16-5-4-13(19)10-14(15)16/h4-6,10,15,20H,7-9,11,19H2,1-3H3. The van der Waals surface area contributed by atoms with Crippen LogP contribution in [0.1, 0.15) is 38.7 Å². The molecule has 2 aliphatic heterocycles. The number of hydrogen-bond donors (Lipinski definition) is 2. The molecule has 2 aliphatic rings. The molecule has 1 unspecified atom stereocenters. The lowest BCUT2D eigenvalue weighted by Crippen LogP contribution is -2.39. The van der Waals surface area contributed by atoms with Crippen molar-refractivity contribution >= 4 is 17.5 Å². The molecule has 3 rings (SSSR count). The molecule has 124 valence electrons. The van der Waals surface area contributed by atoms with Gasteiger partial charge in [-0.25, -0.2) is 4.79 Å². The molecular formula is C18H25N3O2. The zero-order valence-corrected chi connectivity index (χ0v) is 14.1. The third-order valence-electron chi connectivity index (χ3n) is 4.29. The Morgan fingerprint density at radius 2 is 2.17 bits per heavy atom. The summed E-state index contributed by atoms with van der Waals surface area (Å²) in [5.74, 6) is 0.356. The number of carbonyl (C=O) groups is 1. The zero-order chi connectivity index (χ0) is 16.6. The second kappa shape index (κ2) is 5.80. The van der Waals surface area contributed by atoms with Crippen molar-refractivity contribution in [3.63, 3.8) is 0 Å². The number of rotatable bonds is 1. The second-order valence-electron chi connectivity index (χ2n) is 7.24. The third kappa shape index (κ3) is 3.44. The monoisotopic (exact) mass is 315 g/mol. The highest BCUT2D eigenvalue weighted by Crippen LogP contribution is 2.39. The van der Waals surface area contributed by atoms with Crippen LogP contribution in [0.3, 0.4) is 0 Å². The molecule has 0 bridgehead atoms. The van der Waals surface area contributed by atoms with Gasteiger partial charge in [-0.15, -0.1) is 0 Å². The first-order valence-corrected chi connectivity index (χ1v) is 8.13. The Balaban J connectivity index is 1.69. The van der Waals surface area contributed by atoms with Crippen LogP contribution in [-0.2, 0) is 4.74 Å². The van der Waals surface area contributed by atoms with Gasteiger partial charge in [0.15, 0.2) is 0 Å². The lowest BCUT2D eigenvalue weighted by molar-refractivity contribution is 0.0265. The summed E-state index contributed by atoms with van der Waals surface area (Å²) < 4.78 is 5.44. The Morgan fingerprint density at radius 3 is 2.83 bits per heavy atom. The van der Waals surface area contributed by atoms with Gasteiger partial charge in [0.05, 0.1) is 0 Å². The van der Waals surface area contributed by atoms with E-state index in [0.29, 0.717) is 19.0 Å². The topological polar surface area (TPSA) is 67.6 Å². The average Bonchev–Trinajstić information content (AvgIpc) is 2.88. The largest absolute Gasteiger partial charge is 0.444 e. The van der Waals surface area contributed by atoms with Gasteiger partial charge in [0.2, 0.25) is 0 Å². The molecule has 0 saturated carbocycles. The molecule has 0 aliphatic carbocycles. The molecule has 0 aromatic heterocycles. The van der Waals surface area contributed by atoms with Gasteiger partial charge in [-0.2, -0.15) is 0 Å². The summed E-state index contributed by atoms with van der Waals surface area (Å²) in [7, 11) is 0. The van der Waals surface area contributed by atoms with Crippen molar-refractivity contribution in [2.24, 2.45) is 0 Å². The summed E-state index contributed by atoms with van der Waals surface area (Å²) in [5, 5.41) is 3.44. The van der Waals surface area contributed by atoms with E-state index in [-0.39, 0.29) is 6.09 Å². The summed E-state index contributed by atoms with van der Waals surface area (Å²) in [6, 6.07) is 6.02. The quantitative estimate of drug-likeness (QED) is 0.616. The Kier molecular flexibility index (Phi) is 3.96. The Bertz CT molecular complexity index is 646. The van der Waals surface area contributed by atoms with E-state index in [4.69, 9.17) is 10.5 Å². The van der Waals surface area contributed by atoms with E-state index in [1.807, 2.05) is 32.9 Å². The average molecular weight is 315 g/mol. The lowest BCUT2D eigenvalue weighted by Gasteiger charge is -2.31. The van der Waals surface area contributed by atoms with E-state index in [1.165, 1.54) is 16.8 Å². The molecule has 0 saturated heterocycles. The highest BCUT2D eigenvalue weighted by atomic mass is 16.6. The van der Waals surface area contributed by atoms with Gasteiger partial charge in [0, 0.05) is 36.9 Å². The fraction of sp³-hybridized carbons (Fsp3) is 0.500. The summed E-state index contributed by atoms with van der Waals surface area (Å²) >= 11 is 0. The highest BCUT2D eigenvalue weighted by molar-refractivity contribution is 5.69. The van der Waals surface area contributed by atoms with Crippen molar-refractivity contribution in [2.45, 2.75) is 38.7 Å². The number of ether oxygens (including phenoxy) is 1. The maximum absolute atomic E-state index is 12.1. The lowest BCUT2D eigenvalue weighted by atomic mass is 9.89. The third-order valence-corrected chi connectivity index (χ3v) is 4.29. The number of fused-ring (bicyclic) bond motifs is 1. The van der Waals surface area contributed by atoms with Crippen molar-refractivity contribution in [3.8, 4) is 0 Å². The number of hydrogen-bond acceptors (Lipinski definition) is 4. The van der Waals surface area contributed by atoms with Crippen molar-refractivity contribution < 1.29 is 9.53 Å². The van der Waals surface area contributed by atoms with E-state index in [1.54, 1.807) is 4.90 Å². The minimum atomic E-state index is -0.451. The van der Waals surface area contributed by atoms with Gasteiger partial charge >= 0.3 is 6.09 Å². The predicted molar refractivity (Wildman–Crippen MR) is 92.6 cm³/mol. The van der Waals surface area contributed by atoms with Crippen LogP contribution in [0.2, 0.25) is 0 Å². The Labute approximate surface area is 137 Å². The van der Waals surface area contributed by atoms with E-state index in [9.17, 15) is 4.79 Å². The predicted octanol–water partition coefficient (Wildman–Crippen LogP) is 3.35. The van der Waals surface area contributed by atoms with Crippen LogP contribution in [0.25, 0.3) is 0 Å². The number of nitrogen functional groups attached to an aromatic ring is 1. The number of benzene rings is 1. The van der Waals surface area contributed by atoms with E-state index in [2.05, 4.69) is 17.5 Å². The number of nitrogens with one attached hydrogen (secondary N) is 1. The van der Waals surface area contributed by atoms with Crippen LogP contribution < -0.4 is 11.1 Å². The highest BCUT2D eigenvalue weighted by Gasteiger charge is 2.29. The van der Waals surface area contributed by atoms with Crippen LogP contribution in [0.15, 0.2) is 29.8 Å². The van der Waals surface area contributed by atoms with E-state index < -0.39 is 5.60 Å². The van der Waals surface area contributed by atoms with E-state index in [0.717, 1.165) is 18.7 Å². The van der Waals surface area contributed by atoms with Gasteiger partial charge in [-0.1, -0.05) is 11.6 Å². The molecule has 0 fully saturated rings. The first-order chi connectivity index (χ1) is 10.8. The minimum Gasteiger partial charge on any atom is -0.444 e. The zero-order valence-electron chi connectivity index (χ0n) is 14.1. The molecular weight excluding hydrogens is 290 g/mol. The van der Waals surface area contributed by atoms with Crippen molar-refractivity contribution in [1.82, 2.24) is 4.90 Å². The molecule has 2 heterocycles. The number of carbonyl (C=O) groups excluding carboxylic acids is 1. The molecule has 1 amide bonds. The van der Waals surface area contributed by atoms with Crippen LogP contribution in [0.4, 0.5) is 16.2 Å². The Hall–Kier alpha value is -2.17.